The molecule has 0 bridgehead atoms. The number of benzene rings is 2. The van der Waals surface area contributed by atoms with Gasteiger partial charge in [-0.25, -0.2) is 9.37 Å². The molecular formula is C27H23F4N3O3S. The predicted octanol–water partition coefficient (Wildman–Crippen LogP) is 6.18. The molecule has 0 aliphatic heterocycles. The van der Waals surface area contributed by atoms with Gasteiger partial charge in [0.15, 0.2) is 0 Å². The van der Waals surface area contributed by atoms with Crippen LogP contribution in [-0.2, 0) is 22.1 Å². The van der Waals surface area contributed by atoms with Crippen LogP contribution >= 0.6 is 11.3 Å². The van der Waals surface area contributed by atoms with Crippen molar-refractivity contribution in [2.45, 2.75) is 31.4 Å². The van der Waals surface area contributed by atoms with Crippen molar-refractivity contribution in [1.82, 2.24) is 14.9 Å². The lowest BCUT2D eigenvalue weighted by atomic mass is 10.1. The van der Waals surface area contributed by atoms with Crippen molar-refractivity contribution in [3.8, 4) is 10.4 Å². The highest BCUT2D eigenvalue weighted by molar-refractivity contribution is 7.15. The summed E-state index contributed by atoms with van der Waals surface area (Å²) in [7, 11) is 1.20. The number of halogens is 4. The van der Waals surface area contributed by atoms with Crippen LogP contribution in [0.5, 0.6) is 0 Å². The molecule has 0 saturated heterocycles. The average Bonchev–Trinajstić information content (AvgIpc) is 3.51. The number of hydrogen-bond donors (Lipinski definition) is 1. The molecule has 1 aliphatic carbocycles. The highest BCUT2D eigenvalue weighted by Crippen LogP contribution is 2.45. The maximum atomic E-state index is 14.3. The molecule has 5 rings (SSSR count). The first-order chi connectivity index (χ1) is 18.1. The summed E-state index contributed by atoms with van der Waals surface area (Å²) >= 11 is 1.09. The number of methoxy groups -OCH3 is 1. The zero-order valence-corrected chi connectivity index (χ0v) is 21.1. The number of alkyl halides is 3. The first-order valence-corrected chi connectivity index (χ1v) is 12.8. The number of amides is 1. The number of rotatable bonds is 8. The number of nitrogens with one attached hydrogen (secondary N) is 1. The van der Waals surface area contributed by atoms with E-state index in [-0.39, 0.29) is 35.1 Å². The Kier molecular flexibility index (Phi) is 6.95. The Morgan fingerprint density at radius 2 is 1.95 bits per heavy atom. The Hall–Kier alpha value is -3.73. The van der Waals surface area contributed by atoms with Crippen molar-refractivity contribution in [3.05, 3.63) is 76.3 Å². The normalized spacial score (nSPS) is 13.6. The van der Waals surface area contributed by atoms with Gasteiger partial charge in [-0.2, -0.15) is 13.2 Å². The van der Waals surface area contributed by atoms with E-state index in [2.05, 4.69) is 9.97 Å². The van der Waals surface area contributed by atoms with E-state index in [9.17, 15) is 27.2 Å². The fraction of sp³-hybridized carbons (Fsp3) is 0.296. The first-order valence-electron chi connectivity index (χ1n) is 11.9. The maximum Gasteiger partial charge on any atom is 0.416 e. The minimum Gasteiger partial charge on any atom is -0.468 e. The van der Waals surface area contributed by atoms with Crippen LogP contribution in [0.4, 0.5) is 17.6 Å². The molecule has 1 fully saturated rings. The summed E-state index contributed by atoms with van der Waals surface area (Å²) in [6.45, 7) is -0.243. The van der Waals surface area contributed by atoms with Gasteiger partial charge in [-0.15, -0.1) is 11.3 Å². The average molecular weight is 546 g/mol. The van der Waals surface area contributed by atoms with Crippen LogP contribution in [0.3, 0.4) is 0 Å². The van der Waals surface area contributed by atoms with Crippen LogP contribution in [0.25, 0.3) is 21.3 Å². The van der Waals surface area contributed by atoms with Crippen LogP contribution in [0, 0.1) is 5.82 Å². The number of aromatic amines is 1. The van der Waals surface area contributed by atoms with Crippen molar-refractivity contribution < 1.29 is 31.9 Å². The van der Waals surface area contributed by atoms with Gasteiger partial charge < -0.3 is 14.6 Å². The summed E-state index contributed by atoms with van der Waals surface area (Å²) in [5.41, 5.74) is 0.521. The van der Waals surface area contributed by atoms with E-state index in [1.807, 2.05) is 30.5 Å². The molecule has 2 aromatic heterocycles. The van der Waals surface area contributed by atoms with E-state index in [0.29, 0.717) is 17.5 Å². The smallest absolute Gasteiger partial charge is 0.416 e. The molecule has 0 spiro atoms. The number of carbonyl (C=O) groups excluding carboxylic acids is 2. The predicted molar refractivity (Wildman–Crippen MR) is 134 cm³/mol. The molecule has 2 heterocycles. The van der Waals surface area contributed by atoms with Crippen molar-refractivity contribution in [2.75, 3.05) is 20.2 Å². The summed E-state index contributed by atoms with van der Waals surface area (Å²) in [6, 6.07) is 9.85. The second-order valence-corrected chi connectivity index (χ2v) is 10.2. The monoisotopic (exact) mass is 545 g/mol. The summed E-state index contributed by atoms with van der Waals surface area (Å²) in [5, 5.41) is 1.58. The number of ether oxygens (including phenoxy) is 1. The molecule has 2 aromatic carbocycles. The Bertz CT molecular complexity index is 1510. The Morgan fingerprint density at radius 1 is 1.18 bits per heavy atom. The van der Waals surface area contributed by atoms with Gasteiger partial charge in [0.05, 0.1) is 22.6 Å². The van der Waals surface area contributed by atoms with Gasteiger partial charge in [0.2, 0.25) is 0 Å². The van der Waals surface area contributed by atoms with Gasteiger partial charge in [0.1, 0.15) is 18.1 Å². The minimum absolute atomic E-state index is 0.0836. The van der Waals surface area contributed by atoms with Gasteiger partial charge >= 0.3 is 12.1 Å². The van der Waals surface area contributed by atoms with Crippen molar-refractivity contribution in [1.29, 1.82) is 0 Å². The van der Waals surface area contributed by atoms with Crippen LogP contribution in [0.15, 0.2) is 48.7 Å². The molecule has 198 valence electrons. The minimum atomic E-state index is -4.76. The highest BCUT2D eigenvalue weighted by Gasteiger charge is 2.35. The number of hydrogen-bond acceptors (Lipinski definition) is 5. The number of H-pyrrole nitrogens is 1. The molecule has 4 aromatic rings. The standard InChI is InChI=1S/C27H23F4N3O3S/c1-37-22(35)14-34(9-8-16-13-32-21-5-3-2-4-20(16)21)26(36)23-24(38-25(33-23)15-6-7-15)17-10-18(27(29,30)31)12-19(28)11-17/h2-5,10-13,15,32H,6-9,14H2,1H3. The van der Waals surface area contributed by atoms with Crippen LogP contribution in [-0.4, -0.2) is 46.9 Å². The van der Waals surface area contributed by atoms with Gasteiger partial charge in [-0.1, -0.05) is 18.2 Å². The lowest BCUT2D eigenvalue weighted by Crippen LogP contribution is -2.38. The fourth-order valence-corrected chi connectivity index (χ4v) is 5.50. The number of aromatic nitrogens is 2. The Balaban J connectivity index is 1.51. The van der Waals surface area contributed by atoms with Crippen LogP contribution < -0.4 is 0 Å². The second kappa shape index (κ2) is 10.2. The van der Waals surface area contributed by atoms with Gasteiger partial charge in [0.25, 0.3) is 5.91 Å². The molecule has 38 heavy (non-hydrogen) atoms. The number of carbonyl (C=O) groups is 2. The van der Waals surface area contributed by atoms with Gasteiger partial charge in [0, 0.05) is 29.6 Å². The lowest BCUT2D eigenvalue weighted by Gasteiger charge is -2.21. The van der Waals surface area contributed by atoms with Crippen molar-refractivity contribution in [2.24, 2.45) is 0 Å². The number of thiazole rings is 1. The van der Waals surface area contributed by atoms with E-state index >= 15 is 0 Å². The zero-order chi connectivity index (χ0) is 27.0. The third kappa shape index (κ3) is 5.42. The zero-order valence-electron chi connectivity index (χ0n) is 20.3. The highest BCUT2D eigenvalue weighted by atomic mass is 32.1. The molecular weight excluding hydrogens is 522 g/mol. The van der Waals surface area contributed by atoms with E-state index in [0.717, 1.165) is 52.8 Å². The summed E-state index contributed by atoms with van der Waals surface area (Å²) in [5.74, 6) is -2.25. The number of nitrogens with zero attached hydrogens (tertiary/aromatic N) is 2. The number of para-hydroxylation sites is 1. The molecule has 1 amide bonds. The van der Waals surface area contributed by atoms with E-state index in [1.54, 1.807) is 0 Å². The third-order valence-corrected chi connectivity index (χ3v) is 7.69. The quantitative estimate of drug-likeness (QED) is 0.212. The van der Waals surface area contributed by atoms with Gasteiger partial charge in [-0.05, 0) is 54.7 Å². The molecule has 6 nitrogen and oxygen atoms in total. The molecule has 11 heteroatoms. The van der Waals surface area contributed by atoms with Gasteiger partial charge in [-0.3, -0.25) is 9.59 Å². The van der Waals surface area contributed by atoms with Crippen molar-refractivity contribution >= 4 is 34.1 Å². The first kappa shape index (κ1) is 25.9. The van der Waals surface area contributed by atoms with Crippen molar-refractivity contribution in [3.63, 3.8) is 0 Å². The lowest BCUT2D eigenvalue weighted by molar-refractivity contribution is -0.141. The second-order valence-electron chi connectivity index (χ2n) is 9.14. The molecule has 0 radical (unpaired) electrons. The maximum absolute atomic E-state index is 14.3. The van der Waals surface area contributed by atoms with E-state index in [4.69, 9.17) is 4.74 Å². The SMILES string of the molecule is COC(=O)CN(CCc1c[nH]c2ccccc12)C(=O)c1nc(C2CC2)sc1-c1cc(F)cc(C(F)(F)F)c1. The molecule has 0 unspecified atom stereocenters. The van der Waals surface area contributed by atoms with E-state index < -0.39 is 29.4 Å². The Morgan fingerprint density at radius 3 is 2.66 bits per heavy atom. The molecule has 0 atom stereocenters. The number of esters is 1. The Labute approximate surface area is 219 Å². The summed E-state index contributed by atoms with van der Waals surface area (Å²) < 4.78 is 59.3. The molecule has 1 saturated carbocycles. The van der Waals surface area contributed by atoms with E-state index in [1.165, 1.54) is 12.0 Å². The number of fused-ring (bicyclic) bond motifs is 1. The topological polar surface area (TPSA) is 75.3 Å². The summed E-state index contributed by atoms with van der Waals surface area (Å²) in [6.07, 6.45) is -0.828. The molecule has 1 aliphatic rings. The fourth-order valence-electron chi connectivity index (χ4n) is 4.28. The third-order valence-electron chi connectivity index (χ3n) is 6.42. The molecule has 1 N–H and O–H groups in total. The summed E-state index contributed by atoms with van der Waals surface area (Å²) in [4.78, 5) is 35.0. The van der Waals surface area contributed by atoms with Crippen LogP contribution in [0.1, 0.15) is 45.4 Å². The van der Waals surface area contributed by atoms with Crippen LogP contribution in [0.2, 0.25) is 0 Å². The largest absolute Gasteiger partial charge is 0.468 e.